The first-order valence-electron chi connectivity index (χ1n) is 6.22. The predicted molar refractivity (Wildman–Crippen MR) is 74.3 cm³/mol. The molecule has 0 fully saturated rings. The highest BCUT2D eigenvalue weighted by molar-refractivity contribution is 6.00. The van der Waals surface area contributed by atoms with Crippen LogP contribution in [0, 0.1) is 11.6 Å². The maximum absolute atomic E-state index is 13.4. The van der Waals surface area contributed by atoms with E-state index in [9.17, 15) is 18.4 Å². The van der Waals surface area contributed by atoms with E-state index in [4.69, 9.17) is 4.74 Å². The number of methoxy groups -OCH3 is 1. The summed E-state index contributed by atoms with van der Waals surface area (Å²) >= 11 is 0. The fourth-order valence-electron chi connectivity index (χ4n) is 1.79. The molecule has 0 saturated carbocycles. The fourth-order valence-corrected chi connectivity index (χ4v) is 1.79. The van der Waals surface area contributed by atoms with Gasteiger partial charge in [-0.2, -0.15) is 0 Å². The molecule has 2 N–H and O–H groups in total. The number of hydrogen-bond acceptors (Lipinski definition) is 3. The van der Waals surface area contributed by atoms with E-state index < -0.39 is 29.0 Å². The predicted octanol–water partition coefficient (Wildman–Crippen LogP) is 2.05. The van der Waals surface area contributed by atoms with Gasteiger partial charge in [0.15, 0.2) is 0 Å². The third kappa shape index (κ3) is 3.20. The largest absolute Gasteiger partial charge is 0.496 e. The summed E-state index contributed by atoms with van der Waals surface area (Å²) in [5.74, 6) is -3.53. The lowest BCUT2D eigenvalue weighted by molar-refractivity contribution is 0.0840. The van der Waals surface area contributed by atoms with Crippen LogP contribution in [-0.2, 0) is 0 Å². The Morgan fingerprint density at radius 1 is 0.909 bits per heavy atom. The molecule has 0 radical (unpaired) electrons. The summed E-state index contributed by atoms with van der Waals surface area (Å²) in [5.41, 5.74) is 3.42. The van der Waals surface area contributed by atoms with E-state index in [1.54, 1.807) is 18.2 Å². The molecule has 0 bridgehead atoms. The molecular formula is C15H12F2N2O3. The molecule has 0 atom stereocenters. The van der Waals surface area contributed by atoms with E-state index >= 15 is 0 Å². The van der Waals surface area contributed by atoms with Crippen molar-refractivity contribution >= 4 is 11.8 Å². The van der Waals surface area contributed by atoms with Gasteiger partial charge in [0.25, 0.3) is 11.8 Å². The third-order valence-electron chi connectivity index (χ3n) is 2.83. The van der Waals surface area contributed by atoms with Crippen LogP contribution in [0.4, 0.5) is 8.78 Å². The van der Waals surface area contributed by atoms with Crippen LogP contribution < -0.4 is 15.6 Å². The molecule has 114 valence electrons. The van der Waals surface area contributed by atoms with Crippen LogP contribution in [0.2, 0.25) is 0 Å². The SMILES string of the molecule is COc1ccccc1C(=O)NNC(=O)c1c(F)cccc1F. The Morgan fingerprint density at radius 3 is 2.14 bits per heavy atom. The molecule has 7 heteroatoms. The van der Waals surface area contributed by atoms with Crippen LogP contribution in [0.3, 0.4) is 0 Å². The fraction of sp³-hybridized carbons (Fsp3) is 0.0667. The molecule has 0 spiro atoms. The van der Waals surface area contributed by atoms with Crippen molar-refractivity contribution in [1.29, 1.82) is 0 Å². The van der Waals surface area contributed by atoms with E-state index in [1.165, 1.54) is 13.2 Å². The van der Waals surface area contributed by atoms with Crippen LogP contribution >= 0.6 is 0 Å². The van der Waals surface area contributed by atoms with Crippen molar-refractivity contribution in [3.8, 4) is 5.75 Å². The lowest BCUT2D eigenvalue weighted by Crippen LogP contribution is -2.42. The lowest BCUT2D eigenvalue weighted by atomic mass is 10.2. The minimum atomic E-state index is -1.10. The first-order valence-corrected chi connectivity index (χ1v) is 6.22. The average Bonchev–Trinajstić information content (AvgIpc) is 2.52. The molecule has 0 heterocycles. The molecule has 0 saturated heterocycles. The molecular weight excluding hydrogens is 294 g/mol. The number of carbonyl (C=O) groups is 2. The number of amides is 2. The van der Waals surface area contributed by atoms with Gasteiger partial charge in [0.1, 0.15) is 22.9 Å². The van der Waals surface area contributed by atoms with Crippen LogP contribution in [0.5, 0.6) is 5.75 Å². The van der Waals surface area contributed by atoms with Crippen molar-refractivity contribution in [2.45, 2.75) is 0 Å². The van der Waals surface area contributed by atoms with E-state index in [1.807, 2.05) is 5.43 Å². The van der Waals surface area contributed by atoms with Gasteiger partial charge in [-0.15, -0.1) is 0 Å². The minimum Gasteiger partial charge on any atom is -0.496 e. The first-order chi connectivity index (χ1) is 10.5. The second kappa shape index (κ2) is 6.66. The maximum Gasteiger partial charge on any atom is 0.275 e. The van der Waals surface area contributed by atoms with Crippen molar-refractivity contribution in [2.75, 3.05) is 7.11 Å². The lowest BCUT2D eigenvalue weighted by Gasteiger charge is -2.10. The Bertz CT molecular complexity index is 699. The number of rotatable bonds is 3. The smallest absolute Gasteiger partial charge is 0.275 e. The van der Waals surface area contributed by atoms with Gasteiger partial charge in [-0.25, -0.2) is 8.78 Å². The minimum absolute atomic E-state index is 0.166. The quantitative estimate of drug-likeness (QED) is 0.853. The summed E-state index contributed by atoms with van der Waals surface area (Å²) in [7, 11) is 1.39. The zero-order valence-corrected chi connectivity index (χ0v) is 11.5. The van der Waals surface area contributed by atoms with Gasteiger partial charge in [0.05, 0.1) is 12.7 Å². The number of nitrogens with one attached hydrogen (secondary N) is 2. The van der Waals surface area contributed by atoms with E-state index in [0.717, 1.165) is 18.2 Å². The van der Waals surface area contributed by atoms with Crippen LogP contribution in [0.25, 0.3) is 0 Å². The molecule has 0 aliphatic rings. The topological polar surface area (TPSA) is 67.4 Å². The molecule has 0 aliphatic carbocycles. The Labute approximate surface area is 124 Å². The number of hydrogen-bond donors (Lipinski definition) is 2. The maximum atomic E-state index is 13.4. The van der Waals surface area contributed by atoms with E-state index in [-0.39, 0.29) is 5.56 Å². The van der Waals surface area contributed by atoms with Gasteiger partial charge in [0.2, 0.25) is 0 Å². The number of carbonyl (C=O) groups excluding carboxylic acids is 2. The van der Waals surface area contributed by atoms with E-state index in [2.05, 4.69) is 5.43 Å². The third-order valence-corrected chi connectivity index (χ3v) is 2.83. The normalized spacial score (nSPS) is 9.95. The number of halogens is 2. The Hall–Kier alpha value is -2.96. The van der Waals surface area contributed by atoms with Crippen molar-refractivity contribution < 1.29 is 23.1 Å². The summed E-state index contributed by atoms with van der Waals surface area (Å²) < 4.78 is 31.9. The highest BCUT2D eigenvalue weighted by Crippen LogP contribution is 2.16. The molecule has 0 aliphatic heterocycles. The standard InChI is InChI=1S/C15H12F2N2O3/c1-22-12-8-3-2-5-9(12)14(20)18-19-15(21)13-10(16)6-4-7-11(13)17/h2-8H,1H3,(H,18,20)(H,19,21). The van der Waals surface area contributed by atoms with Crippen LogP contribution in [-0.4, -0.2) is 18.9 Å². The Kier molecular flexibility index (Phi) is 4.67. The summed E-state index contributed by atoms with van der Waals surface area (Å²) in [4.78, 5) is 23.7. The molecule has 2 aromatic rings. The van der Waals surface area contributed by atoms with Gasteiger partial charge < -0.3 is 4.74 Å². The Balaban J connectivity index is 2.10. The van der Waals surface area contributed by atoms with Gasteiger partial charge >= 0.3 is 0 Å². The van der Waals surface area contributed by atoms with Crippen LogP contribution in [0.15, 0.2) is 42.5 Å². The first kappa shape index (κ1) is 15.4. The number of para-hydroxylation sites is 1. The summed E-state index contributed by atoms with van der Waals surface area (Å²) in [6.45, 7) is 0. The monoisotopic (exact) mass is 306 g/mol. The summed E-state index contributed by atoms with van der Waals surface area (Å²) in [6.07, 6.45) is 0. The number of ether oxygens (including phenoxy) is 1. The second-order valence-electron chi connectivity index (χ2n) is 4.21. The second-order valence-corrected chi connectivity index (χ2v) is 4.21. The summed E-state index contributed by atoms with van der Waals surface area (Å²) in [5, 5.41) is 0. The summed E-state index contributed by atoms with van der Waals surface area (Å²) in [6, 6.07) is 9.34. The van der Waals surface area contributed by atoms with Gasteiger partial charge in [-0.3, -0.25) is 20.4 Å². The van der Waals surface area contributed by atoms with Gasteiger partial charge in [-0.05, 0) is 24.3 Å². The molecule has 0 unspecified atom stereocenters. The Morgan fingerprint density at radius 2 is 1.50 bits per heavy atom. The molecule has 0 aromatic heterocycles. The number of benzene rings is 2. The van der Waals surface area contributed by atoms with E-state index in [0.29, 0.717) is 5.75 Å². The molecule has 2 amide bonds. The van der Waals surface area contributed by atoms with Crippen molar-refractivity contribution in [1.82, 2.24) is 10.9 Å². The van der Waals surface area contributed by atoms with Gasteiger partial charge in [0, 0.05) is 0 Å². The van der Waals surface area contributed by atoms with Crippen molar-refractivity contribution in [3.63, 3.8) is 0 Å². The zero-order valence-electron chi connectivity index (χ0n) is 11.5. The highest BCUT2D eigenvalue weighted by Gasteiger charge is 2.18. The van der Waals surface area contributed by atoms with Crippen LogP contribution in [0.1, 0.15) is 20.7 Å². The number of hydrazine groups is 1. The molecule has 2 aromatic carbocycles. The van der Waals surface area contributed by atoms with Gasteiger partial charge in [-0.1, -0.05) is 18.2 Å². The van der Waals surface area contributed by atoms with Crippen molar-refractivity contribution in [2.24, 2.45) is 0 Å². The average molecular weight is 306 g/mol. The molecule has 5 nitrogen and oxygen atoms in total. The van der Waals surface area contributed by atoms with Crippen molar-refractivity contribution in [3.05, 3.63) is 65.2 Å². The molecule has 22 heavy (non-hydrogen) atoms. The molecule has 2 rings (SSSR count). The highest BCUT2D eigenvalue weighted by atomic mass is 19.1. The zero-order chi connectivity index (χ0) is 16.1.